The fraction of sp³-hybridized carbons (Fsp3) is 0.556. The number of hydrogen-bond donors (Lipinski definition) is 0. The molecule has 1 unspecified atom stereocenters. The van der Waals surface area contributed by atoms with Crippen molar-refractivity contribution in [2.75, 3.05) is 0 Å². The van der Waals surface area contributed by atoms with Crippen molar-refractivity contribution < 1.29 is 19.1 Å². The van der Waals surface area contributed by atoms with Crippen LogP contribution in [0, 0.1) is 5.92 Å². The normalized spacial score (nSPS) is 18.5. The minimum absolute atomic E-state index is 0.382. The molecule has 0 saturated carbocycles. The molecule has 0 aliphatic heterocycles. The largest absolute Gasteiger partial charge is 0.434 e. The molecule has 0 radical (unpaired) electrons. The molecule has 0 aromatic carbocycles. The Balaban J connectivity index is 2.60. The Labute approximate surface area is 132 Å². The van der Waals surface area contributed by atoms with Gasteiger partial charge in [0.05, 0.1) is 18.4 Å². The summed E-state index contributed by atoms with van der Waals surface area (Å²) in [5.41, 5.74) is 0.418. The van der Waals surface area contributed by atoms with Crippen molar-refractivity contribution >= 4 is 11.9 Å². The lowest BCUT2D eigenvalue weighted by Crippen LogP contribution is -2.25. The van der Waals surface area contributed by atoms with Gasteiger partial charge < -0.3 is 9.47 Å². The van der Waals surface area contributed by atoms with Crippen LogP contribution >= 0.6 is 0 Å². The van der Waals surface area contributed by atoms with Crippen LogP contribution < -0.4 is 0 Å². The van der Waals surface area contributed by atoms with Crippen molar-refractivity contribution in [3.8, 4) is 0 Å². The second-order valence-corrected chi connectivity index (χ2v) is 5.31. The molecule has 22 heavy (non-hydrogen) atoms. The van der Waals surface area contributed by atoms with Gasteiger partial charge in [-0.2, -0.15) is 0 Å². The number of ether oxygens (including phenoxy) is 2. The summed E-state index contributed by atoms with van der Waals surface area (Å²) in [7, 11) is 0. The van der Waals surface area contributed by atoms with Gasteiger partial charge in [0.15, 0.2) is 0 Å². The molecule has 1 aliphatic carbocycles. The van der Waals surface area contributed by atoms with E-state index in [1.807, 2.05) is 19.1 Å². The molecule has 0 spiro atoms. The first kappa shape index (κ1) is 18.2. The van der Waals surface area contributed by atoms with Crippen molar-refractivity contribution in [2.45, 2.75) is 58.8 Å². The minimum Gasteiger partial charge on any atom is -0.434 e. The van der Waals surface area contributed by atoms with E-state index < -0.39 is 11.9 Å². The van der Waals surface area contributed by atoms with Crippen molar-refractivity contribution in [1.82, 2.24) is 0 Å². The first-order valence-electron chi connectivity index (χ1n) is 8.12. The van der Waals surface area contributed by atoms with Gasteiger partial charge in [0.2, 0.25) is 0 Å². The summed E-state index contributed by atoms with van der Waals surface area (Å²) in [4.78, 5) is 24.2. The molecule has 0 amide bonds. The van der Waals surface area contributed by atoms with Gasteiger partial charge >= 0.3 is 11.9 Å². The maximum absolute atomic E-state index is 12.1. The standard InChI is InChI=1S/C18H26O4/c1-3-5-9-13-21-17(19)15-11-7-8-12-16(15)18(20)22-14-10-6-4-2/h9-11,13-14,16H,3-8,12H2,1-2H3/b13-9+,14-10+. The van der Waals surface area contributed by atoms with E-state index in [1.54, 1.807) is 6.08 Å². The summed E-state index contributed by atoms with van der Waals surface area (Å²) in [5, 5.41) is 0. The number of unbranched alkanes of at least 4 members (excludes halogenated alkanes) is 2. The number of hydrogen-bond acceptors (Lipinski definition) is 4. The summed E-state index contributed by atoms with van der Waals surface area (Å²) in [6, 6.07) is 0. The van der Waals surface area contributed by atoms with Gasteiger partial charge in [-0.25, -0.2) is 4.79 Å². The second kappa shape index (κ2) is 10.8. The van der Waals surface area contributed by atoms with Gasteiger partial charge in [0.1, 0.15) is 0 Å². The lowest BCUT2D eigenvalue weighted by Gasteiger charge is -2.20. The molecule has 1 rings (SSSR count). The van der Waals surface area contributed by atoms with Crippen LogP contribution in [0.1, 0.15) is 58.8 Å². The zero-order valence-electron chi connectivity index (χ0n) is 13.5. The first-order chi connectivity index (χ1) is 10.7. The van der Waals surface area contributed by atoms with E-state index in [1.165, 1.54) is 12.5 Å². The van der Waals surface area contributed by atoms with Crippen LogP contribution in [0.3, 0.4) is 0 Å². The molecule has 4 heteroatoms. The van der Waals surface area contributed by atoms with Crippen LogP contribution in [0.5, 0.6) is 0 Å². The predicted molar refractivity (Wildman–Crippen MR) is 85.7 cm³/mol. The zero-order valence-corrected chi connectivity index (χ0v) is 13.5. The summed E-state index contributed by atoms with van der Waals surface area (Å²) in [6.07, 6.45) is 14.3. The Bertz CT molecular complexity index is 446. The van der Waals surface area contributed by atoms with Crippen LogP contribution in [0.15, 0.2) is 36.3 Å². The maximum Gasteiger partial charge on any atom is 0.339 e. The van der Waals surface area contributed by atoms with Crippen molar-refractivity contribution in [1.29, 1.82) is 0 Å². The third-order valence-corrected chi connectivity index (χ3v) is 3.42. The second-order valence-electron chi connectivity index (χ2n) is 5.31. The molecular formula is C18H26O4. The molecule has 0 N–H and O–H groups in total. The highest BCUT2D eigenvalue weighted by atomic mass is 16.5. The summed E-state index contributed by atoms with van der Waals surface area (Å²) in [6.45, 7) is 4.10. The van der Waals surface area contributed by atoms with Gasteiger partial charge in [0.25, 0.3) is 0 Å². The Hall–Kier alpha value is -1.84. The highest BCUT2D eigenvalue weighted by Crippen LogP contribution is 2.27. The van der Waals surface area contributed by atoms with E-state index in [0.717, 1.165) is 38.5 Å². The third-order valence-electron chi connectivity index (χ3n) is 3.42. The predicted octanol–water partition coefficient (Wildman–Crippen LogP) is 4.43. The van der Waals surface area contributed by atoms with Crippen LogP contribution in [0.4, 0.5) is 0 Å². The quantitative estimate of drug-likeness (QED) is 0.492. The highest BCUT2D eigenvalue weighted by molar-refractivity contribution is 5.96. The summed E-state index contributed by atoms with van der Waals surface area (Å²) >= 11 is 0. The fourth-order valence-corrected chi connectivity index (χ4v) is 2.19. The smallest absolute Gasteiger partial charge is 0.339 e. The monoisotopic (exact) mass is 306 g/mol. The van der Waals surface area contributed by atoms with Gasteiger partial charge in [-0.1, -0.05) is 32.8 Å². The Morgan fingerprint density at radius 1 is 1.14 bits per heavy atom. The molecule has 0 aromatic rings. The molecule has 0 fully saturated rings. The van der Waals surface area contributed by atoms with E-state index in [-0.39, 0.29) is 5.97 Å². The van der Waals surface area contributed by atoms with Gasteiger partial charge in [-0.05, 0) is 44.3 Å². The number of esters is 2. The molecule has 0 saturated heterocycles. The molecule has 4 nitrogen and oxygen atoms in total. The van der Waals surface area contributed by atoms with Crippen LogP contribution in [0.2, 0.25) is 0 Å². The number of allylic oxidation sites excluding steroid dienone is 3. The van der Waals surface area contributed by atoms with Crippen molar-refractivity contribution in [3.63, 3.8) is 0 Å². The number of carbonyl (C=O) groups is 2. The number of rotatable bonds is 8. The maximum atomic E-state index is 12.1. The third kappa shape index (κ3) is 6.29. The van der Waals surface area contributed by atoms with E-state index in [0.29, 0.717) is 12.0 Å². The van der Waals surface area contributed by atoms with E-state index in [2.05, 4.69) is 6.92 Å². The molecule has 122 valence electrons. The number of carbonyl (C=O) groups excluding carboxylic acids is 2. The summed E-state index contributed by atoms with van der Waals surface area (Å²) < 4.78 is 10.2. The van der Waals surface area contributed by atoms with Crippen LogP contribution in [0.25, 0.3) is 0 Å². The van der Waals surface area contributed by atoms with E-state index in [4.69, 9.17) is 9.47 Å². The van der Waals surface area contributed by atoms with E-state index >= 15 is 0 Å². The molecule has 0 aromatic heterocycles. The SMILES string of the molecule is CCC/C=C/OC(=O)C1=CCCCC1C(=O)O/C=C/CCC. The minimum atomic E-state index is -0.521. The molecule has 0 heterocycles. The molecular weight excluding hydrogens is 280 g/mol. The zero-order chi connectivity index (χ0) is 16.2. The highest BCUT2D eigenvalue weighted by Gasteiger charge is 2.31. The summed E-state index contributed by atoms with van der Waals surface area (Å²) in [5.74, 6) is -1.36. The van der Waals surface area contributed by atoms with Gasteiger partial charge in [-0.3, -0.25) is 4.79 Å². The Morgan fingerprint density at radius 3 is 2.41 bits per heavy atom. The fourth-order valence-electron chi connectivity index (χ4n) is 2.19. The van der Waals surface area contributed by atoms with Gasteiger partial charge in [0, 0.05) is 5.57 Å². The average Bonchev–Trinajstić information content (AvgIpc) is 2.55. The average molecular weight is 306 g/mol. The lowest BCUT2D eigenvalue weighted by molar-refractivity contribution is -0.145. The van der Waals surface area contributed by atoms with E-state index in [9.17, 15) is 9.59 Å². The Kier molecular flexibility index (Phi) is 8.96. The molecule has 1 atom stereocenters. The van der Waals surface area contributed by atoms with Crippen LogP contribution in [-0.4, -0.2) is 11.9 Å². The van der Waals surface area contributed by atoms with Gasteiger partial charge in [-0.15, -0.1) is 0 Å². The van der Waals surface area contributed by atoms with Crippen molar-refractivity contribution in [2.24, 2.45) is 5.92 Å². The molecule has 0 bridgehead atoms. The lowest BCUT2D eigenvalue weighted by atomic mass is 9.88. The molecule has 1 aliphatic rings. The first-order valence-corrected chi connectivity index (χ1v) is 8.12. The van der Waals surface area contributed by atoms with Crippen LogP contribution in [-0.2, 0) is 19.1 Å². The Morgan fingerprint density at radius 2 is 1.77 bits per heavy atom. The topological polar surface area (TPSA) is 52.6 Å². The van der Waals surface area contributed by atoms with Crippen molar-refractivity contribution in [3.05, 3.63) is 36.3 Å².